The largest absolute Gasteiger partial charge is 0.465 e. The van der Waals surface area contributed by atoms with Gasteiger partial charge in [0.05, 0.1) is 13.2 Å². The summed E-state index contributed by atoms with van der Waals surface area (Å²) in [5.41, 5.74) is -1.49. The van der Waals surface area contributed by atoms with Crippen molar-refractivity contribution in [3.8, 4) is 0 Å². The molecule has 0 aromatic carbocycles. The zero-order valence-electron chi connectivity index (χ0n) is 15.0. The van der Waals surface area contributed by atoms with Gasteiger partial charge in [0.2, 0.25) is 11.8 Å². The van der Waals surface area contributed by atoms with E-state index in [1.165, 1.54) is 0 Å². The lowest BCUT2D eigenvalue weighted by atomic mass is 9.78. The molecule has 1 fully saturated rings. The minimum absolute atomic E-state index is 0.0905. The Kier molecular flexibility index (Phi) is 7.08. The molecule has 9 heteroatoms. The summed E-state index contributed by atoms with van der Waals surface area (Å²) >= 11 is 0. The van der Waals surface area contributed by atoms with Gasteiger partial charge in [-0.3, -0.25) is 29.0 Å². The van der Waals surface area contributed by atoms with Crippen LogP contribution in [0.15, 0.2) is 0 Å². The van der Waals surface area contributed by atoms with Crippen molar-refractivity contribution in [2.45, 2.75) is 40.5 Å². The van der Waals surface area contributed by atoms with Gasteiger partial charge >= 0.3 is 18.0 Å². The maximum absolute atomic E-state index is 12.8. The molecular weight excluding hydrogens is 332 g/mol. The van der Waals surface area contributed by atoms with Gasteiger partial charge in [-0.1, -0.05) is 13.8 Å². The highest BCUT2D eigenvalue weighted by molar-refractivity contribution is 6.20. The summed E-state index contributed by atoms with van der Waals surface area (Å²) < 4.78 is 9.56. The smallest absolute Gasteiger partial charge is 0.334 e. The molecule has 140 valence electrons. The van der Waals surface area contributed by atoms with Crippen molar-refractivity contribution >= 4 is 29.8 Å². The average Bonchev–Trinajstić information content (AvgIpc) is 2.57. The SMILES string of the molecule is CCOC(=O)CN1C(=O)N(CC(=O)OCC)C(=O)C(CC)(CC)C1=O. The zero-order valence-corrected chi connectivity index (χ0v) is 15.0. The molecule has 0 radical (unpaired) electrons. The van der Waals surface area contributed by atoms with Crippen molar-refractivity contribution < 1.29 is 33.4 Å². The lowest BCUT2D eigenvalue weighted by molar-refractivity contribution is -0.165. The van der Waals surface area contributed by atoms with Crippen molar-refractivity contribution in [2.75, 3.05) is 26.3 Å². The first-order valence-corrected chi connectivity index (χ1v) is 8.28. The van der Waals surface area contributed by atoms with E-state index >= 15 is 0 Å². The molecule has 0 spiro atoms. The number of carbonyl (C=O) groups is 5. The molecule has 1 aliphatic heterocycles. The fourth-order valence-electron chi connectivity index (χ4n) is 2.73. The molecule has 0 aliphatic carbocycles. The molecule has 4 amide bonds. The molecule has 0 saturated carbocycles. The highest BCUT2D eigenvalue weighted by Crippen LogP contribution is 2.36. The van der Waals surface area contributed by atoms with E-state index in [2.05, 4.69) is 0 Å². The molecule has 1 rings (SSSR count). The average molecular weight is 356 g/mol. The number of urea groups is 1. The van der Waals surface area contributed by atoms with Crippen molar-refractivity contribution in [3.05, 3.63) is 0 Å². The number of esters is 2. The van der Waals surface area contributed by atoms with Gasteiger partial charge in [0.1, 0.15) is 18.5 Å². The number of rotatable bonds is 8. The molecule has 0 N–H and O–H groups in total. The van der Waals surface area contributed by atoms with E-state index in [-0.39, 0.29) is 26.1 Å². The van der Waals surface area contributed by atoms with Gasteiger partial charge < -0.3 is 9.47 Å². The van der Waals surface area contributed by atoms with Crippen molar-refractivity contribution in [2.24, 2.45) is 5.41 Å². The monoisotopic (exact) mass is 356 g/mol. The minimum atomic E-state index is -1.49. The number of amides is 4. The second kappa shape index (κ2) is 8.59. The zero-order chi connectivity index (χ0) is 19.2. The number of imide groups is 2. The fourth-order valence-corrected chi connectivity index (χ4v) is 2.73. The standard InChI is InChI=1S/C16H24N2O7/c1-5-16(6-2)13(21)17(9-11(19)24-7-3)15(23)18(14(16)22)10-12(20)25-8-4/h5-10H2,1-4H3. The van der Waals surface area contributed by atoms with Gasteiger partial charge in [0.15, 0.2) is 0 Å². The van der Waals surface area contributed by atoms with Crippen LogP contribution < -0.4 is 0 Å². The maximum Gasteiger partial charge on any atom is 0.334 e. The van der Waals surface area contributed by atoms with Crippen LogP contribution in [0.4, 0.5) is 4.79 Å². The molecule has 1 saturated heterocycles. The normalized spacial score (nSPS) is 16.9. The van der Waals surface area contributed by atoms with Crippen molar-refractivity contribution in [1.82, 2.24) is 9.80 Å². The molecule has 0 bridgehead atoms. The lowest BCUT2D eigenvalue weighted by Crippen LogP contribution is -2.66. The van der Waals surface area contributed by atoms with Crippen LogP contribution in [0.25, 0.3) is 0 Å². The molecule has 0 aromatic heterocycles. The Bertz CT molecular complexity index is 525. The Hall–Kier alpha value is -2.45. The molecule has 0 atom stereocenters. The number of ether oxygens (including phenoxy) is 2. The highest BCUT2D eigenvalue weighted by atomic mass is 16.5. The van der Waals surface area contributed by atoms with E-state index < -0.39 is 48.3 Å². The Morgan fingerprint density at radius 2 is 1.16 bits per heavy atom. The summed E-state index contributed by atoms with van der Waals surface area (Å²) in [6, 6.07) is -1.02. The Balaban J connectivity index is 3.22. The van der Waals surface area contributed by atoms with Crippen LogP contribution >= 0.6 is 0 Å². The summed E-state index contributed by atoms with van der Waals surface area (Å²) in [4.78, 5) is 62.9. The van der Waals surface area contributed by atoms with Crippen LogP contribution in [0.2, 0.25) is 0 Å². The topological polar surface area (TPSA) is 110 Å². The van der Waals surface area contributed by atoms with Gasteiger partial charge in [-0.05, 0) is 26.7 Å². The number of carbonyl (C=O) groups excluding carboxylic acids is 5. The van der Waals surface area contributed by atoms with E-state index in [1.807, 2.05) is 0 Å². The molecule has 9 nitrogen and oxygen atoms in total. The number of hydrogen-bond acceptors (Lipinski definition) is 7. The number of hydrogen-bond donors (Lipinski definition) is 0. The van der Waals surface area contributed by atoms with Crippen molar-refractivity contribution in [3.63, 3.8) is 0 Å². The van der Waals surface area contributed by atoms with Crippen LogP contribution in [0, 0.1) is 5.41 Å². The molecular formula is C16H24N2O7. The molecule has 1 aliphatic rings. The third-order valence-electron chi connectivity index (χ3n) is 4.16. The Morgan fingerprint density at radius 3 is 1.44 bits per heavy atom. The summed E-state index contributed by atoms with van der Waals surface area (Å²) in [6.07, 6.45) is 0.264. The Morgan fingerprint density at radius 1 is 0.800 bits per heavy atom. The minimum Gasteiger partial charge on any atom is -0.465 e. The molecule has 0 aromatic rings. The van der Waals surface area contributed by atoms with E-state index in [1.54, 1.807) is 27.7 Å². The number of barbiturate groups is 1. The maximum atomic E-state index is 12.8. The predicted octanol–water partition coefficient (Wildman–Crippen LogP) is 0.710. The van der Waals surface area contributed by atoms with E-state index in [0.717, 1.165) is 0 Å². The third-order valence-corrected chi connectivity index (χ3v) is 4.16. The summed E-state index contributed by atoms with van der Waals surface area (Å²) in [5, 5.41) is 0. The molecule has 1 heterocycles. The van der Waals surface area contributed by atoms with E-state index in [4.69, 9.17) is 9.47 Å². The van der Waals surface area contributed by atoms with E-state index in [9.17, 15) is 24.0 Å². The van der Waals surface area contributed by atoms with Gasteiger partial charge in [0, 0.05) is 0 Å². The van der Waals surface area contributed by atoms with Gasteiger partial charge in [-0.2, -0.15) is 0 Å². The number of nitrogens with zero attached hydrogens (tertiary/aromatic N) is 2. The first-order chi connectivity index (χ1) is 11.8. The first-order valence-electron chi connectivity index (χ1n) is 8.28. The highest BCUT2D eigenvalue weighted by Gasteiger charge is 2.56. The molecule has 0 unspecified atom stereocenters. The van der Waals surface area contributed by atoms with Gasteiger partial charge in [0.25, 0.3) is 0 Å². The first kappa shape index (κ1) is 20.6. The fraction of sp³-hybridized carbons (Fsp3) is 0.688. The van der Waals surface area contributed by atoms with Crippen LogP contribution in [0.3, 0.4) is 0 Å². The van der Waals surface area contributed by atoms with E-state index in [0.29, 0.717) is 9.80 Å². The van der Waals surface area contributed by atoms with Crippen LogP contribution in [0.5, 0.6) is 0 Å². The van der Waals surface area contributed by atoms with Crippen LogP contribution in [-0.2, 0) is 28.7 Å². The van der Waals surface area contributed by atoms with Crippen LogP contribution in [-0.4, -0.2) is 65.9 Å². The van der Waals surface area contributed by atoms with Crippen LogP contribution in [0.1, 0.15) is 40.5 Å². The second-order valence-corrected chi connectivity index (χ2v) is 5.46. The quantitative estimate of drug-likeness (QED) is 0.465. The summed E-state index contributed by atoms with van der Waals surface area (Å²) in [7, 11) is 0. The summed E-state index contributed by atoms with van der Waals surface area (Å²) in [6.45, 7) is 5.42. The van der Waals surface area contributed by atoms with Gasteiger partial charge in [-0.25, -0.2) is 4.79 Å². The molecule has 25 heavy (non-hydrogen) atoms. The van der Waals surface area contributed by atoms with Crippen molar-refractivity contribution in [1.29, 1.82) is 0 Å². The third kappa shape index (κ3) is 3.97. The predicted molar refractivity (Wildman–Crippen MR) is 85.1 cm³/mol. The second-order valence-electron chi connectivity index (χ2n) is 5.46. The summed E-state index contributed by atoms with van der Waals surface area (Å²) in [5.74, 6) is -3.03. The Labute approximate surface area is 146 Å². The van der Waals surface area contributed by atoms with Gasteiger partial charge in [-0.15, -0.1) is 0 Å². The lowest BCUT2D eigenvalue weighted by Gasteiger charge is -2.42.